The van der Waals surface area contributed by atoms with Gasteiger partial charge in [-0.3, -0.25) is 4.98 Å². The van der Waals surface area contributed by atoms with Crippen molar-refractivity contribution in [2.75, 3.05) is 11.9 Å². The summed E-state index contributed by atoms with van der Waals surface area (Å²) in [5.74, 6) is 1.17. The minimum absolute atomic E-state index is 0.218. The molecule has 0 spiro atoms. The van der Waals surface area contributed by atoms with E-state index < -0.39 is 0 Å². The summed E-state index contributed by atoms with van der Waals surface area (Å²) in [7, 11) is 0. The van der Waals surface area contributed by atoms with E-state index in [-0.39, 0.29) is 6.03 Å². The third-order valence-electron chi connectivity index (χ3n) is 4.73. The van der Waals surface area contributed by atoms with Crippen LogP contribution in [0, 0.1) is 6.92 Å². The molecule has 3 aromatic rings. The largest absolute Gasteiger partial charge is 0.337 e. The Hall–Kier alpha value is -2.89. The van der Waals surface area contributed by atoms with Crippen molar-refractivity contribution in [2.24, 2.45) is 0 Å². The van der Waals surface area contributed by atoms with Crippen molar-refractivity contribution in [3.63, 3.8) is 0 Å². The number of benzene rings is 1. The lowest BCUT2D eigenvalue weighted by molar-refractivity contribution is 0.252. The van der Waals surface area contributed by atoms with E-state index in [9.17, 15) is 4.79 Å². The van der Waals surface area contributed by atoms with Gasteiger partial charge in [0.15, 0.2) is 0 Å². The number of anilines is 1. The SMILES string of the molecule is Cc1ccc2cccc(NC(=O)NCCc3cn4c(n3)CCCC4)c2n1. The zero-order chi connectivity index (χ0) is 17.9. The summed E-state index contributed by atoms with van der Waals surface area (Å²) in [5, 5.41) is 6.83. The van der Waals surface area contributed by atoms with E-state index in [1.165, 1.54) is 18.7 Å². The summed E-state index contributed by atoms with van der Waals surface area (Å²) in [6.07, 6.45) is 6.35. The summed E-state index contributed by atoms with van der Waals surface area (Å²) in [6, 6.07) is 9.55. The number of urea groups is 1. The molecule has 134 valence electrons. The molecule has 0 unspecified atom stereocenters. The first-order valence-electron chi connectivity index (χ1n) is 9.15. The van der Waals surface area contributed by atoms with Gasteiger partial charge in [0.2, 0.25) is 0 Å². The Morgan fingerprint density at radius 2 is 2.12 bits per heavy atom. The molecule has 6 nitrogen and oxygen atoms in total. The smallest absolute Gasteiger partial charge is 0.319 e. The number of fused-ring (bicyclic) bond motifs is 2. The maximum absolute atomic E-state index is 12.3. The molecule has 6 heteroatoms. The van der Waals surface area contributed by atoms with E-state index in [0.29, 0.717) is 6.54 Å². The lowest BCUT2D eigenvalue weighted by atomic mass is 10.2. The first kappa shape index (κ1) is 16.6. The molecule has 0 radical (unpaired) electrons. The third-order valence-corrected chi connectivity index (χ3v) is 4.73. The monoisotopic (exact) mass is 349 g/mol. The molecule has 0 aliphatic carbocycles. The average Bonchev–Trinajstić information content (AvgIpc) is 3.05. The lowest BCUT2D eigenvalue weighted by Crippen LogP contribution is -2.30. The standard InChI is InChI=1S/C20H23N5O/c1-14-8-9-15-5-4-6-17(19(15)22-14)24-20(26)21-11-10-16-13-25-12-3-2-7-18(25)23-16/h4-6,8-9,13H,2-3,7,10-12H2,1H3,(H2,21,24,26). The molecule has 1 aliphatic heterocycles. The van der Waals surface area contributed by atoms with Crippen LogP contribution in [0.3, 0.4) is 0 Å². The van der Waals surface area contributed by atoms with E-state index in [4.69, 9.17) is 0 Å². The Kier molecular flexibility index (Phi) is 4.56. The van der Waals surface area contributed by atoms with Gasteiger partial charge in [0.25, 0.3) is 0 Å². The first-order chi connectivity index (χ1) is 12.7. The van der Waals surface area contributed by atoms with Crippen molar-refractivity contribution >= 4 is 22.6 Å². The number of nitrogens with one attached hydrogen (secondary N) is 2. The second-order valence-corrected chi connectivity index (χ2v) is 6.76. The molecule has 0 saturated carbocycles. The van der Waals surface area contributed by atoms with E-state index in [1.54, 1.807) is 0 Å². The Morgan fingerprint density at radius 3 is 3.00 bits per heavy atom. The topological polar surface area (TPSA) is 71.8 Å². The van der Waals surface area contributed by atoms with E-state index in [2.05, 4.69) is 31.4 Å². The number of pyridine rings is 1. The minimum Gasteiger partial charge on any atom is -0.337 e. The quantitative estimate of drug-likeness (QED) is 0.758. The normalized spacial score (nSPS) is 13.4. The van der Waals surface area contributed by atoms with Crippen LogP contribution >= 0.6 is 0 Å². The Morgan fingerprint density at radius 1 is 1.19 bits per heavy atom. The number of hydrogen-bond acceptors (Lipinski definition) is 3. The number of para-hydroxylation sites is 1. The highest BCUT2D eigenvalue weighted by atomic mass is 16.2. The molecule has 0 atom stereocenters. The number of rotatable bonds is 4. The van der Waals surface area contributed by atoms with Crippen LogP contribution in [-0.4, -0.2) is 27.1 Å². The predicted molar refractivity (Wildman–Crippen MR) is 102 cm³/mol. The van der Waals surface area contributed by atoms with Crippen LogP contribution < -0.4 is 10.6 Å². The van der Waals surface area contributed by atoms with Gasteiger partial charge in [-0.2, -0.15) is 0 Å². The molecule has 2 N–H and O–H groups in total. The van der Waals surface area contributed by atoms with Crippen LogP contribution in [0.25, 0.3) is 10.9 Å². The molecule has 2 amide bonds. The van der Waals surface area contributed by atoms with Gasteiger partial charge in [0, 0.05) is 43.2 Å². The fraction of sp³-hybridized carbons (Fsp3) is 0.350. The molecular formula is C20H23N5O. The summed E-state index contributed by atoms with van der Waals surface area (Å²) in [6.45, 7) is 3.56. The van der Waals surface area contributed by atoms with Gasteiger partial charge in [-0.1, -0.05) is 18.2 Å². The van der Waals surface area contributed by atoms with Crippen LogP contribution in [0.15, 0.2) is 36.5 Å². The van der Waals surface area contributed by atoms with Crippen LogP contribution in [0.5, 0.6) is 0 Å². The number of aromatic nitrogens is 3. The second-order valence-electron chi connectivity index (χ2n) is 6.76. The molecule has 0 saturated heterocycles. The van der Waals surface area contributed by atoms with Crippen molar-refractivity contribution in [3.05, 3.63) is 53.7 Å². The fourth-order valence-electron chi connectivity index (χ4n) is 3.41. The van der Waals surface area contributed by atoms with Gasteiger partial charge >= 0.3 is 6.03 Å². The van der Waals surface area contributed by atoms with Gasteiger partial charge < -0.3 is 15.2 Å². The van der Waals surface area contributed by atoms with Gasteiger partial charge in [-0.25, -0.2) is 9.78 Å². The maximum atomic E-state index is 12.3. The van der Waals surface area contributed by atoms with Crippen molar-refractivity contribution < 1.29 is 4.79 Å². The summed E-state index contributed by atoms with van der Waals surface area (Å²) >= 11 is 0. The zero-order valence-corrected chi connectivity index (χ0v) is 15.0. The van der Waals surface area contributed by atoms with Crippen LogP contribution in [0.2, 0.25) is 0 Å². The number of imidazole rings is 1. The molecule has 0 fully saturated rings. The van der Waals surface area contributed by atoms with Gasteiger partial charge in [-0.15, -0.1) is 0 Å². The van der Waals surface area contributed by atoms with E-state index in [0.717, 1.165) is 47.4 Å². The molecule has 3 heterocycles. The summed E-state index contributed by atoms with van der Waals surface area (Å²) < 4.78 is 2.24. The number of amides is 2. The highest BCUT2D eigenvalue weighted by molar-refractivity contribution is 5.99. The Balaban J connectivity index is 1.36. The molecular weight excluding hydrogens is 326 g/mol. The van der Waals surface area contributed by atoms with Crippen LogP contribution in [-0.2, 0) is 19.4 Å². The highest BCUT2D eigenvalue weighted by Gasteiger charge is 2.12. The maximum Gasteiger partial charge on any atom is 0.319 e. The molecule has 26 heavy (non-hydrogen) atoms. The fourth-order valence-corrected chi connectivity index (χ4v) is 3.41. The minimum atomic E-state index is -0.218. The Labute approximate surface area is 152 Å². The first-order valence-corrected chi connectivity index (χ1v) is 9.15. The predicted octanol–water partition coefficient (Wildman–Crippen LogP) is 3.44. The Bertz CT molecular complexity index is 923. The zero-order valence-electron chi connectivity index (χ0n) is 15.0. The van der Waals surface area contributed by atoms with Crippen molar-refractivity contribution in [3.8, 4) is 0 Å². The molecule has 1 aromatic carbocycles. The van der Waals surface area contributed by atoms with Crippen molar-refractivity contribution in [1.82, 2.24) is 19.9 Å². The summed E-state index contributed by atoms with van der Waals surface area (Å²) in [4.78, 5) is 21.5. The van der Waals surface area contributed by atoms with E-state index >= 15 is 0 Å². The molecule has 1 aliphatic rings. The molecule has 4 rings (SSSR count). The second kappa shape index (κ2) is 7.15. The number of carbonyl (C=O) groups excluding carboxylic acids is 1. The van der Waals surface area contributed by atoms with Crippen LogP contribution in [0.4, 0.5) is 10.5 Å². The molecule has 2 aromatic heterocycles. The molecule has 0 bridgehead atoms. The number of carbonyl (C=O) groups is 1. The highest BCUT2D eigenvalue weighted by Crippen LogP contribution is 2.21. The van der Waals surface area contributed by atoms with E-state index in [1.807, 2.05) is 37.3 Å². The third kappa shape index (κ3) is 3.54. The van der Waals surface area contributed by atoms with Crippen molar-refractivity contribution in [2.45, 2.75) is 39.2 Å². The average molecular weight is 349 g/mol. The van der Waals surface area contributed by atoms with Crippen molar-refractivity contribution in [1.29, 1.82) is 0 Å². The number of nitrogens with zero attached hydrogens (tertiary/aromatic N) is 3. The van der Waals surface area contributed by atoms with Gasteiger partial charge in [0.1, 0.15) is 5.82 Å². The summed E-state index contributed by atoms with van der Waals surface area (Å²) in [5.41, 5.74) is 3.51. The number of hydrogen-bond donors (Lipinski definition) is 2. The lowest BCUT2D eigenvalue weighted by Gasteiger charge is -2.11. The van der Waals surface area contributed by atoms with Gasteiger partial charge in [0.05, 0.1) is 16.9 Å². The van der Waals surface area contributed by atoms with Gasteiger partial charge in [-0.05, 0) is 31.9 Å². The van der Waals surface area contributed by atoms with Crippen LogP contribution in [0.1, 0.15) is 30.1 Å². The number of aryl methyl sites for hydroxylation is 3.